The van der Waals surface area contributed by atoms with Crippen LogP contribution in [0.3, 0.4) is 0 Å². The van der Waals surface area contributed by atoms with Crippen LogP contribution >= 0.6 is 0 Å². The van der Waals surface area contributed by atoms with Crippen LogP contribution in [-0.2, 0) is 6.42 Å². The molecule has 0 radical (unpaired) electrons. The Labute approximate surface area is 181 Å². The van der Waals surface area contributed by atoms with E-state index in [1.807, 2.05) is 74.5 Å². The summed E-state index contributed by atoms with van der Waals surface area (Å²) in [5, 5.41) is 0. The Balaban J connectivity index is 0.00000112. The van der Waals surface area contributed by atoms with Crippen LogP contribution in [-0.4, -0.2) is 20.3 Å². The molecule has 0 aliphatic heterocycles. The molecule has 0 atom stereocenters. The zero-order chi connectivity index (χ0) is 21.8. The number of rotatable bonds is 3. The molecule has 0 saturated heterocycles. The van der Waals surface area contributed by atoms with E-state index < -0.39 is 5.95 Å². The van der Waals surface area contributed by atoms with Crippen LogP contribution in [0.1, 0.15) is 42.7 Å². The molecule has 5 heteroatoms. The highest BCUT2D eigenvalue weighted by Crippen LogP contribution is 2.31. The number of aromatic nitrogens is 3. The zero-order valence-electron chi connectivity index (χ0n) is 17.7. The molecule has 2 aromatic carbocycles. The van der Waals surface area contributed by atoms with Crippen molar-refractivity contribution in [2.75, 3.05) is 0 Å². The minimum Gasteiger partial charge on any atom is -0.294 e. The number of aryl methyl sites for hydroxylation is 1. The first-order valence-corrected chi connectivity index (χ1v) is 10.6. The van der Waals surface area contributed by atoms with E-state index in [1.165, 1.54) is 4.57 Å². The lowest BCUT2D eigenvalue weighted by Gasteiger charge is -2.15. The predicted octanol–water partition coefficient (Wildman–Crippen LogP) is 6.29. The molecule has 0 fully saturated rings. The van der Waals surface area contributed by atoms with Crippen molar-refractivity contribution in [3.8, 4) is 28.5 Å². The number of fused-ring (bicyclic) bond motifs is 1. The number of nitrogens with zero attached hydrogens (tertiary/aromatic N) is 3. The minimum absolute atomic E-state index is 0.118. The summed E-state index contributed by atoms with van der Waals surface area (Å²) >= 11 is 0. The second kappa shape index (κ2) is 9.04. The van der Waals surface area contributed by atoms with Crippen LogP contribution in [0.25, 0.3) is 28.5 Å². The third kappa shape index (κ3) is 3.91. The Morgan fingerprint density at radius 2 is 1.52 bits per heavy atom. The van der Waals surface area contributed by atoms with Crippen molar-refractivity contribution >= 4 is 5.78 Å². The maximum atomic E-state index is 15.6. The quantitative estimate of drug-likeness (QED) is 0.397. The number of carbonyl (C=O) groups is 1. The van der Waals surface area contributed by atoms with E-state index >= 15 is 4.39 Å². The summed E-state index contributed by atoms with van der Waals surface area (Å²) in [5.74, 6) is 0.106. The van der Waals surface area contributed by atoms with Crippen molar-refractivity contribution in [1.29, 1.82) is 0 Å². The first-order valence-electron chi connectivity index (χ1n) is 10.6. The Bertz CT molecular complexity index is 1200. The van der Waals surface area contributed by atoms with Gasteiger partial charge in [-0.1, -0.05) is 62.4 Å². The molecule has 156 valence electrons. The van der Waals surface area contributed by atoms with Gasteiger partial charge in [-0.25, -0.2) is 9.97 Å². The van der Waals surface area contributed by atoms with Crippen molar-refractivity contribution in [3.63, 3.8) is 0 Å². The monoisotopic (exact) mass is 413 g/mol. The number of ketones is 1. The topological polar surface area (TPSA) is 47.8 Å². The maximum Gasteiger partial charge on any atom is 0.226 e. The van der Waals surface area contributed by atoms with Crippen molar-refractivity contribution in [2.24, 2.45) is 0 Å². The van der Waals surface area contributed by atoms with Gasteiger partial charge in [0.05, 0.1) is 5.69 Å². The van der Waals surface area contributed by atoms with Crippen LogP contribution in [0.4, 0.5) is 4.39 Å². The Morgan fingerprint density at radius 3 is 2.23 bits per heavy atom. The van der Waals surface area contributed by atoms with Gasteiger partial charge in [-0.2, -0.15) is 4.39 Å². The first kappa shape index (κ1) is 20.7. The van der Waals surface area contributed by atoms with Gasteiger partial charge in [0.15, 0.2) is 11.6 Å². The minimum atomic E-state index is -0.437. The summed E-state index contributed by atoms with van der Waals surface area (Å²) in [6.07, 6.45) is 2.09. The lowest BCUT2D eigenvalue weighted by atomic mass is 9.94. The number of benzene rings is 2. The van der Waals surface area contributed by atoms with Crippen LogP contribution in [0.15, 0.2) is 72.8 Å². The highest BCUT2D eigenvalue weighted by Gasteiger charge is 2.24. The molecule has 0 amide bonds. The highest BCUT2D eigenvalue weighted by atomic mass is 19.1. The van der Waals surface area contributed by atoms with Crippen LogP contribution < -0.4 is 0 Å². The third-order valence-corrected chi connectivity index (χ3v) is 5.20. The SMILES string of the molecule is CC.O=C1CCCc2nc(-c3nc(-c4ccccc4)c(F)n3-c3ccccc3)ccc21. The second-order valence-electron chi connectivity index (χ2n) is 7.08. The van der Waals surface area contributed by atoms with Gasteiger partial charge in [-0.05, 0) is 37.1 Å². The molecular formula is C26H24FN3O. The molecule has 0 saturated carbocycles. The van der Waals surface area contributed by atoms with Gasteiger partial charge in [0.25, 0.3) is 0 Å². The molecule has 2 heterocycles. The standard InChI is InChI=1S/C24H18FN3O.C2H6/c25-23-22(16-8-3-1-4-9-16)27-24(28(23)17-10-5-2-6-11-17)20-15-14-18-19(26-20)12-7-13-21(18)29;1-2/h1-6,8-11,14-15H,7,12-13H2;1-2H3. The van der Waals surface area contributed by atoms with E-state index in [0.29, 0.717) is 34.8 Å². The van der Waals surface area contributed by atoms with E-state index in [-0.39, 0.29) is 11.5 Å². The summed E-state index contributed by atoms with van der Waals surface area (Å²) in [5.41, 5.74) is 3.65. The summed E-state index contributed by atoms with van der Waals surface area (Å²) in [6.45, 7) is 4.00. The molecule has 0 N–H and O–H groups in total. The lowest BCUT2D eigenvalue weighted by molar-refractivity contribution is 0.0971. The second-order valence-corrected chi connectivity index (χ2v) is 7.08. The molecular weight excluding hydrogens is 389 g/mol. The lowest BCUT2D eigenvalue weighted by Crippen LogP contribution is -2.13. The number of imidazole rings is 1. The van der Waals surface area contributed by atoms with Gasteiger partial charge in [-0.15, -0.1) is 0 Å². The number of para-hydroxylation sites is 1. The van der Waals surface area contributed by atoms with Gasteiger partial charge in [0.1, 0.15) is 11.4 Å². The number of carbonyl (C=O) groups excluding carboxylic acids is 1. The Kier molecular flexibility index (Phi) is 6.03. The maximum absolute atomic E-state index is 15.6. The molecule has 1 aliphatic rings. The zero-order valence-corrected chi connectivity index (χ0v) is 17.7. The van der Waals surface area contributed by atoms with Crippen molar-refractivity contribution < 1.29 is 9.18 Å². The average Bonchev–Trinajstić information content (AvgIpc) is 3.18. The molecule has 5 rings (SSSR count). The Morgan fingerprint density at radius 1 is 0.839 bits per heavy atom. The summed E-state index contributed by atoms with van der Waals surface area (Å²) < 4.78 is 17.1. The first-order chi connectivity index (χ1) is 15.2. The van der Waals surface area contributed by atoms with E-state index in [1.54, 1.807) is 12.1 Å². The normalized spacial score (nSPS) is 12.7. The Hall–Kier alpha value is -3.60. The van der Waals surface area contributed by atoms with Crippen LogP contribution in [0.2, 0.25) is 0 Å². The fourth-order valence-corrected chi connectivity index (χ4v) is 3.79. The summed E-state index contributed by atoms with van der Waals surface area (Å²) in [4.78, 5) is 21.5. The molecule has 31 heavy (non-hydrogen) atoms. The third-order valence-electron chi connectivity index (χ3n) is 5.20. The largest absolute Gasteiger partial charge is 0.294 e. The van der Waals surface area contributed by atoms with Gasteiger partial charge in [0.2, 0.25) is 5.95 Å². The predicted molar refractivity (Wildman–Crippen MR) is 121 cm³/mol. The van der Waals surface area contributed by atoms with Crippen LogP contribution in [0, 0.1) is 5.95 Å². The fourth-order valence-electron chi connectivity index (χ4n) is 3.79. The molecule has 1 aliphatic carbocycles. The average molecular weight is 413 g/mol. The van der Waals surface area contributed by atoms with Gasteiger partial charge >= 0.3 is 0 Å². The molecule has 4 nitrogen and oxygen atoms in total. The number of halogens is 1. The smallest absolute Gasteiger partial charge is 0.226 e. The van der Waals surface area contributed by atoms with Crippen LogP contribution in [0.5, 0.6) is 0 Å². The number of hydrogen-bond donors (Lipinski definition) is 0. The number of hydrogen-bond acceptors (Lipinski definition) is 3. The van der Waals surface area contributed by atoms with Gasteiger partial charge in [-0.3, -0.25) is 9.36 Å². The van der Waals surface area contributed by atoms with Crippen molar-refractivity contribution in [1.82, 2.24) is 14.5 Å². The highest BCUT2D eigenvalue weighted by molar-refractivity contribution is 5.98. The van der Waals surface area contributed by atoms with Gasteiger partial charge in [0, 0.05) is 23.2 Å². The number of Topliss-reactive ketones (excluding diaryl/α,β-unsaturated/α-hetero) is 1. The fraction of sp³-hybridized carbons (Fsp3) is 0.192. The van der Waals surface area contributed by atoms with Crippen molar-refractivity contribution in [3.05, 3.63) is 90.0 Å². The molecule has 2 aromatic heterocycles. The van der Waals surface area contributed by atoms with Gasteiger partial charge < -0.3 is 0 Å². The summed E-state index contributed by atoms with van der Waals surface area (Å²) in [7, 11) is 0. The molecule has 4 aromatic rings. The van der Waals surface area contributed by atoms with E-state index in [2.05, 4.69) is 4.98 Å². The molecule has 0 bridgehead atoms. The molecule has 0 unspecified atom stereocenters. The summed E-state index contributed by atoms with van der Waals surface area (Å²) in [6, 6.07) is 22.1. The van der Waals surface area contributed by atoms with E-state index in [0.717, 1.165) is 18.5 Å². The molecule has 0 spiro atoms. The number of pyridine rings is 1. The van der Waals surface area contributed by atoms with E-state index in [4.69, 9.17) is 4.98 Å². The van der Waals surface area contributed by atoms with Crippen molar-refractivity contribution in [2.45, 2.75) is 33.1 Å². The van der Waals surface area contributed by atoms with E-state index in [9.17, 15) is 4.79 Å².